The van der Waals surface area contributed by atoms with Gasteiger partial charge in [-0.05, 0) is 70.1 Å². The van der Waals surface area contributed by atoms with Crippen molar-refractivity contribution in [1.29, 1.82) is 0 Å². The van der Waals surface area contributed by atoms with Gasteiger partial charge in [-0.25, -0.2) is 0 Å². The number of carbonyl (C=O) groups is 1. The summed E-state index contributed by atoms with van der Waals surface area (Å²) >= 11 is 7.74. The summed E-state index contributed by atoms with van der Waals surface area (Å²) in [6.45, 7) is 9.27. The number of nitrogens with one attached hydrogen (secondary N) is 1. The molecule has 1 aromatic heterocycles. The van der Waals surface area contributed by atoms with Crippen molar-refractivity contribution in [2.75, 3.05) is 19.7 Å². The highest BCUT2D eigenvalue weighted by molar-refractivity contribution is 7.21. The zero-order valence-corrected chi connectivity index (χ0v) is 17.0. The number of piperidine rings is 3. The first-order chi connectivity index (χ1) is 12.4. The van der Waals surface area contributed by atoms with Crippen molar-refractivity contribution in [2.24, 2.45) is 5.92 Å². The molecule has 5 rings (SSSR count). The van der Waals surface area contributed by atoms with Crippen LogP contribution in [0, 0.1) is 5.92 Å². The van der Waals surface area contributed by atoms with Crippen molar-refractivity contribution in [3.8, 4) is 5.75 Å². The van der Waals surface area contributed by atoms with Crippen molar-refractivity contribution in [3.05, 3.63) is 28.1 Å². The number of hydrogen-bond donors (Lipinski definition) is 1. The molecule has 0 spiro atoms. The molecule has 1 amide bonds. The molecule has 1 unspecified atom stereocenters. The van der Waals surface area contributed by atoms with E-state index in [9.17, 15) is 4.79 Å². The summed E-state index contributed by atoms with van der Waals surface area (Å²) in [7, 11) is 0. The fraction of sp³-hybridized carbons (Fsp3) is 0.550. The van der Waals surface area contributed by atoms with Crippen LogP contribution in [0.3, 0.4) is 0 Å². The standard InChI is InChI=1S/C20H25ClN2O2S/c1-4-25-16-14(21)6-5-13-11-15(26-17(13)16)19(24)22-18-12-7-9-23(10-8-12)20(18,2)3/h5-6,11-12,18H,4,7-10H2,1-3H3,(H,22,24). The number of amides is 1. The van der Waals surface area contributed by atoms with E-state index in [1.54, 1.807) is 0 Å². The van der Waals surface area contributed by atoms with E-state index in [2.05, 4.69) is 24.1 Å². The molecular weight excluding hydrogens is 368 g/mol. The predicted octanol–water partition coefficient (Wildman–Crippen LogP) is 4.56. The Balaban J connectivity index is 1.62. The molecule has 3 aliphatic heterocycles. The van der Waals surface area contributed by atoms with E-state index in [0.717, 1.165) is 28.1 Å². The van der Waals surface area contributed by atoms with E-state index in [1.807, 2.05) is 25.1 Å². The number of nitrogens with zero attached hydrogens (tertiary/aromatic N) is 1. The lowest BCUT2D eigenvalue weighted by atomic mass is 9.72. The van der Waals surface area contributed by atoms with Crippen molar-refractivity contribution < 1.29 is 9.53 Å². The minimum absolute atomic E-state index is 0.00724. The summed E-state index contributed by atoms with van der Waals surface area (Å²) < 4.78 is 6.65. The van der Waals surface area contributed by atoms with Gasteiger partial charge in [-0.3, -0.25) is 9.69 Å². The van der Waals surface area contributed by atoms with Gasteiger partial charge in [-0.15, -0.1) is 11.3 Å². The maximum atomic E-state index is 13.0. The molecule has 2 aromatic rings. The molecule has 6 heteroatoms. The Morgan fingerprint density at radius 2 is 2.12 bits per heavy atom. The van der Waals surface area contributed by atoms with Crippen LogP contribution >= 0.6 is 22.9 Å². The number of halogens is 1. The van der Waals surface area contributed by atoms with Crippen molar-refractivity contribution >= 4 is 38.9 Å². The summed E-state index contributed by atoms with van der Waals surface area (Å²) in [5.41, 5.74) is 0.00724. The van der Waals surface area contributed by atoms with Crippen LogP contribution in [-0.2, 0) is 0 Å². The zero-order chi connectivity index (χ0) is 18.5. The quantitative estimate of drug-likeness (QED) is 0.829. The number of ether oxygens (including phenoxy) is 1. The summed E-state index contributed by atoms with van der Waals surface area (Å²) in [6, 6.07) is 5.92. The van der Waals surface area contributed by atoms with Crippen LogP contribution in [0.2, 0.25) is 5.02 Å². The molecule has 0 aliphatic carbocycles. The largest absolute Gasteiger partial charge is 0.491 e. The highest BCUT2D eigenvalue weighted by Crippen LogP contribution is 2.41. The second-order valence-electron chi connectivity index (χ2n) is 7.77. The Labute approximate surface area is 163 Å². The Morgan fingerprint density at radius 1 is 1.38 bits per heavy atom. The van der Waals surface area contributed by atoms with Crippen LogP contribution in [0.4, 0.5) is 0 Å². The molecule has 3 aliphatic rings. The Morgan fingerprint density at radius 3 is 2.77 bits per heavy atom. The van der Waals surface area contributed by atoms with E-state index in [-0.39, 0.29) is 17.5 Å². The highest BCUT2D eigenvalue weighted by Gasteiger charge is 2.48. The molecular formula is C20H25ClN2O2S. The molecule has 1 N–H and O–H groups in total. The lowest BCUT2D eigenvalue weighted by Crippen LogP contribution is -2.69. The fourth-order valence-corrected chi connectivity index (χ4v) is 5.87. The summed E-state index contributed by atoms with van der Waals surface area (Å²) in [6.07, 6.45) is 2.34. The van der Waals surface area contributed by atoms with Crippen LogP contribution in [0.15, 0.2) is 18.2 Å². The van der Waals surface area contributed by atoms with Crippen molar-refractivity contribution in [1.82, 2.24) is 10.2 Å². The van der Waals surface area contributed by atoms with Gasteiger partial charge >= 0.3 is 0 Å². The van der Waals surface area contributed by atoms with E-state index < -0.39 is 0 Å². The third-order valence-electron chi connectivity index (χ3n) is 5.98. The minimum Gasteiger partial charge on any atom is -0.491 e. The van der Waals surface area contributed by atoms with Crippen molar-refractivity contribution in [2.45, 2.75) is 45.2 Å². The van der Waals surface area contributed by atoms with Gasteiger partial charge in [0.1, 0.15) is 0 Å². The van der Waals surface area contributed by atoms with E-state index in [0.29, 0.717) is 23.3 Å². The van der Waals surface area contributed by atoms with E-state index in [4.69, 9.17) is 16.3 Å². The lowest BCUT2D eigenvalue weighted by Gasteiger charge is -2.56. The summed E-state index contributed by atoms with van der Waals surface area (Å²) in [5, 5.41) is 4.93. The van der Waals surface area contributed by atoms with Gasteiger partial charge in [0.05, 0.1) is 21.2 Å². The molecule has 2 bridgehead atoms. The average molecular weight is 393 g/mol. The van der Waals surface area contributed by atoms with Gasteiger partial charge in [0.15, 0.2) is 5.75 Å². The van der Waals surface area contributed by atoms with Crippen LogP contribution in [-0.4, -0.2) is 42.1 Å². The molecule has 1 aromatic carbocycles. The SMILES string of the molecule is CCOc1c(Cl)ccc2cc(C(=O)NC3C4CCN(CC4)C3(C)C)sc12. The zero-order valence-electron chi connectivity index (χ0n) is 15.5. The number of fused-ring (bicyclic) bond motifs is 4. The van der Waals surface area contributed by atoms with Gasteiger partial charge < -0.3 is 10.1 Å². The van der Waals surface area contributed by atoms with Crippen LogP contribution in [0.25, 0.3) is 10.1 Å². The maximum Gasteiger partial charge on any atom is 0.261 e. The molecule has 3 saturated heterocycles. The Bertz CT molecular complexity index is 840. The molecule has 3 fully saturated rings. The van der Waals surface area contributed by atoms with E-state index >= 15 is 0 Å². The Kier molecular flexibility index (Phi) is 4.66. The third-order valence-corrected chi connectivity index (χ3v) is 7.43. The van der Waals surface area contributed by atoms with Gasteiger partial charge in [0.25, 0.3) is 5.91 Å². The number of benzene rings is 1. The maximum absolute atomic E-state index is 13.0. The van der Waals surface area contributed by atoms with Crippen LogP contribution in [0.1, 0.15) is 43.3 Å². The molecule has 0 radical (unpaired) electrons. The molecule has 4 nitrogen and oxygen atoms in total. The van der Waals surface area contributed by atoms with Gasteiger partial charge in [-0.1, -0.05) is 17.7 Å². The molecule has 26 heavy (non-hydrogen) atoms. The second-order valence-corrected chi connectivity index (χ2v) is 9.23. The monoisotopic (exact) mass is 392 g/mol. The first kappa shape index (κ1) is 18.1. The molecule has 140 valence electrons. The van der Waals surface area contributed by atoms with Gasteiger partial charge in [-0.2, -0.15) is 0 Å². The first-order valence-electron chi connectivity index (χ1n) is 9.32. The van der Waals surface area contributed by atoms with Crippen molar-refractivity contribution in [3.63, 3.8) is 0 Å². The highest BCUT2D eigenvalue weighted by atomic mass is 35.5. The number of hydrogen-bond acceptors (Lipinski definition) is 4. The third kappa shape index (κ3) is 2.90. The predicted molar refractivity (Wildman–Crippen MR) is 108 cm³/mol. The first-order valence-corrected chi connectivity index (χ1v) is 10.5. The Hall–Kier alpha value is -1.30. The van der Waals surface area contributed by atoms with Gasteiger partial charge in [0.2, 0.25) is 0 Å². The molecule has 1 atom stereocenters. The smallest absolute Gasteiger partial charge is 0.261 e. The number of rotatable bonds is 4. The summed E-state index contributed by atoms with van der Waals surface area (Å²) in [4.78, 5) is 16.2. The van der Waals surface area contributed by atoms with Crippen LogP contribution < -0.4 is 10.1 Å². The lowest BCUT2D eigenvalue weighted by molar-refractivity contribution is -0.0377. The van der Waals surface area contributed by atoms with Crippen LogP contribution in [0.5, 0.6) is 5.75 Å². The second kappa shape index (κ2) is 6.70. The summed E-state index contributed by atoms with van der Waals surface area (Å²) in [5.74, 6) is 1.26. The van der Waals surface area contributed by atoms with Gasteiger partial charge in [0, 0.05) is 11.6 Å². The minimum atomic E-state index is 0.00724. The topological polar surface area (TPSA) is 41.6 Å². The van der Waals surface area contributed by atoms with E-state index in [1.165, 1.54) is 24.2 Å². The number of thiophene rings is 1. The molecule has 4 heterocycles. The number of carbonyl (C=O) groups excluding carboxylic acids is 1. The fourth-order valence-electron chi connectivity index (χ4n) is 4.53. The molecule has 0 saturated carbocycles. The average Bonchev–Trinajstić information content (AvgIpc) is 3.05. The normalized spacial score (nSPS) is 26.8.